The molecule has 1 aliphatic heterocycles. The van der Waals surface area contributed by atoms with Gasteiger partial charge in [0.2, 0.25) is 0 Å². The molecule has 0 aromatic carbocycles. The second-order valence-corrected chi connectivity index (χ2v) is 9.12. The Morgan fingerprint density at radius 3 is 2.13 bits per heavy atom. The predicted octanol–water partition coefficient (Wildman–Crippen LogP) is 2.72. The van der Waals surface area contributed by atoms with E-state index in [1.165, 1.54) is 13.3 Å². The lowest BCUT2D eigenvalue weighted by Gasteiger charge is -2.32. The molecule has 1 saturated heterocycles. The number of nitrogens with one attached hydrogen (secondary N) is 2. The third kappa shape index (κ3) is 7.84. The summed E-state index contributed by atoms with van der Waals surface area (Å²) in [5, 5.41) is 5.04. The Morgan fingerprint density at radius 1 is 0.967 bits per heavy atom. The number of amides is 4. The van der Waals surface area contributed by atoms with Crippen LogP contribution in [-0.4, -0.2) is 59.7 Å². The first kappa shape index (κ1) is 24.0. The van der Waals surface area contributed by atoms with Gasteiger partial charge in [-0.3, -0.25) is 14.9 Å². The number of carbonyl (C=O) groups excluding carboxylic acids is 4. The van der Waals surface area contributed by atoms with E-state index in [1.54, 1.807) is 25.7 Å². The molecule has 1 aliphatic carbocycles. The van der Waals surface area contributed by atoms with E-state index in [2.05, 4.69) is 10.6 Å². The molecule has 0 unspecified atom stereocenters. The zero-order valence-electron chi connectivity index (χ0n) is 18.5. The first-order valence-corrected chi connectivity index (χ1v) is 10.8. The minimum Gasteiger partial charge on any atom is -0.452 e. The molecular weight excluding hydrogens is 390 g/mol. The molecule has 2 N–H and O–H groups in total. The summed E-state index contributed by atoms with van der Waals surface area (Å²) in [5.41, 5.74) is -0.571. The standard InChI is InChI=1S/C21H35N3O6/c1-14(17(25)23-19(27)22-16-8-6-5-7-9-16)29-18(26)15-10-12-24(13-11-15)20(28)30-21(2,3)4/h14-16H,5-13H2,1-4H3,(H2,22,23,25,27)/t14-/m0/s1. The van der Waals surface area contributed by atoms with Gasteiger partial charge in [0.15, 0.2) is 6.10 Å². The van der Waals surface area contributed by atoms with Crippen LogP contribution < -0.4 is 10.6 Å². The fourth-order valence-corrected chi connectivity index (χ4v) is 3.63. The van der Waals surface area contributed by atoms with Crippen molar-refractivity contribution in [2.24, 2.45) is 5.92 Å². The van der Waals surface area contributed by atoms with Crippen molar-refractivity contribution in [2.75, 3.05) is 13.1 Å². The topological polar surface area (TPSA) is 114 Å². The van der Waals surface area contributed by atoms with Crippen molar-refractivity contribution in [1.29, 1.82) is 0 Å². The minimum absolute atomic E-state index is 0.0829. The summed E-state index contributed by atoms with van der Waals surface area (Å²) in [7, 11) is 0. The average molecular weight is 426 g/mol. The second kappa shape index (κ2) is 10.6. The van der Waals surface area contributed by atoms with E-state index in [0.29, 0.717) is 25.9 Å². The summed E-state index contributed by atoms with van der Waals surface area (Å²) in [4.78, 5) is 50.2. The predicted molar refractivity (Wildman–Crippen MR) is 110 cm³/mol. The fourth-order valence-electron chi connectivity index (χ4n) is 3.63. The molecule has 2 fully saturated rings. The molecule has 0 spiro atoms. The molecule has 0 radical (unpaired) electrons. The number of imide groups is 1. The van der Waals surface area contributed by atoms with E-state index in [9.17, 15) is 19.2 Å². The molecule has 0 aromatic rings. The van der Waals surface area contributed by atoms with Gasteiger partial charge in [-0.1, -0.05) is 19.3 Å². The average Bonchev–Trinajstić information content (AvgIpc) is 2.67. The van der Waals surface area contributed by atoms with Gasteiger partial charge in [-0.05, 0) is 53.4 Å². The first-order chi connectivity index (χ1) is 14.0. The number of esters is 1. The van der Waals surface area contributed by atoms with Crippen LogP contribution in [-0.2, 0) is 19.1 Å². The zero-order chi connectivity index (χ0) is 22.3. The van der Waals surface area contributed by atoms with Gasteiger partial charge in [-0.2, -0.15) is 0 Å². The molecule has 0 bridgehead atoms. The molecule has 170 valence electrons. The number of rotatable bonds is 4. The van der Waals surface area contributed by atoms with Crippen LogP contribution in [0, 0.1) is 5.92 Å². The number of ether oxygens (including phenoxy) is 2. The lowest BCUT2D eigenvalue weighted by molar-refractivity contribution is -0.159. The molecule has 9 heteroatoms. The molecule has 9 nitrogen and oxygen atoms in total. The smallest absolute Gasteiger partial charge is 0.410 e. The van der Waals surface area contributed by atoms with E-state index in [0.717, 1.165) is 25.7 Å². The Hall–Kier alpha value is -2.32. The molecule has 30 heavy (non-hydrogen) atoms. The van der Waals surface area contributed by atoms with Crippen molar-refractivity contribution in [3.05, 3.63) is 0 Å². The van der Waals surface area contributed by atoms with Gasteiger partial charge in [-0.15, -0.1) is 0 Å². The summed E-state index contributed by atoms with van der Waals surface area (Å²) in [6, 6.07) is -0.472. The van der Waals surface area contributed by atoms with Crippen LogP contribution in [0.15, 0.2) is 0 Å². The maximum absolute atomic E-state index is 12.4. The Bertz CT molecular complexity index is 631. The Labute approximate surface area is 178 Å². The third-order valence-corrected chi connectivity index (χ3v) is 5.32. The van der Waals surface area contributed by atoms with E-state index in [1.807, 2.05) is 0 Å². The van der Waals surface area contributed by atoms with Gasteiger partial charge in [0.05, 0.1) is 5.92 Å². The Balaban J connectivity index is 1.71. The molecule has 1 heterocycles. The highest BCUT2D eigenvalue weighted by molar-refractivity contribution is 5.97. The van der Waals surface area contributed by atoms with Gasteiger partial charge in [0, 0.05) is 19.1 Å². The second-order valence-electron chi connectivity index (χ2n) is 9.12. The van der Waals surface area contributed by atoms with Crippen molar-refractivity contribution >= 4 is 24.0 Å². The lowest BCUT2D eigenvalue weighted by Crippen LogP contribution is -2.49. The van der Waals surface area contributed by atoms with Crippen LogP contribution in [0.2, 0.25) is 0 Å². The highest BCUT2D eigenvalue weighted by atomic mass is 16.6. The molecule has 1 atom stereocenters. The summed E-state index contributed by atoms with van der Waals surface area (Å²) >= 11 is 0. The molecule has 1 saturated carbocycles. The normalized spacial score (nSPS) is 19.5. The summed E-state index contributed by atoms with van der Waals surface area (Å²) in [6.45, 7) is 7.62. The molecule has 4 amide bonds. The van der Waals surface area contributed by atoms with E-state index in [-0.39, 0.29) is 6.04 Å². The summed E-state index contributed by atoms with van der Waals surface area (Å²) in [5.74, 6) is -1.54. The lowest BCUT2D eigenvalue weighted by atomic mass is 9.96. The largest absolute Gasteiger partial charge is 0.452 e. The number of hydrogen-bond acceptors (Lipinski definition) is 6. The van der Waals surface area contributed by atoms with Crippen molar-refractivity contribution in [3.8, 4) is 0 Å². The summed E-state index contributed by atoms with van der Waals surface area (Å²) in [6.07, 6.45) is 4.54. The number of piperidine rings is 1. The first-order valence-electron chi connectivity index (χ1n) is 10.8. The monoisotopic (exact) mass is 425 g/mol. The highest BCUT2D eigenvalue weighted by Gasteiger charge is 2.32. The zero-order valence-corrected chi connectivity index (χ0v) is 18.5. The third-order valence-electron chi connectivity index (χ3n) is 5.32. The van der Waals surface area contributed by atoms with E-state index < -0.39 is 41.6 Å². The van der Waals surface area contributed by atoms with Gasteiger partial charge in [-0.25, -0.2) is 9.59 Å². The number of urea groups is 1. The van der Waals surface area contributed by atoms with E-state index in [4.69, 9.17) is 9.47 Å². The van der Waals surface area contributed by atoms with Crippen molar-refractivity contribution in [3.63, 3.8) is 0 Å². The van der Waals surface area contributed by atoms with Crippen molar-refractivity contribution < 1.29 is 28.7 Å². The minimum atomic E-state index is -1.07. The molecular formula is C21H35N3O6. The van der Waals surface area contributed by atoms with Crippen LogP contribution in [0.25, 0.3) is 0 Å². The van der Waals surface area contributed by atoms with Crippen LogP contribution in [0.4, 0.5) is 9.59 Å². The molecule has 2 rings (SSSR count). The maximum Gasteiger partial charge on any atom is 0.410 e. The van der Waals surface area contributed by atoms with Crippen LogP contribution >= 0.6 is 0 Å². The number of hydrogen-bond donors (Lipinski definition) is 2. The fraction of sp³-hybridized carbons (Fsp3) is 0.810. The Morgan fingerprint density at radius 2 is 1.57 bits per heavy atom. The SMILES string of the molecule is C[C@H](OC(=O)C1CCN(C(=O)OC(C)(C)C)CC1)C(=O)NC(=O)NC1CCCCC1. The molecule has 0 aromatic heterocycles. The van der Waals surface area contributed by atoms with E-state index >= 15 is 0 Å². The van der Waals surface area contributed by atoms with Gasteiger partial charge in [0.25, 0.3) is 5.91 Å². The maximum atomic E-state index is 12.4. The van der Waals surface area contributed by atoms with Crippen molar-refractivity contribution in [1.82, 2.24) is 15.5 Å². The van der Waals surface area contributed by atoms with Gasteiger partial charge < -0.3 is 19.7 Å². The van der Waals surface area contributed by atoms with Crippen LogP contribution in [0.5, 0.6) is 0 Å². The summed E-state index contributed by atoms with van der Waals surface area (Å²) < 4.78 is 10.6. The van der Waals surface area contributed by atoms with Crippen LogP contribution in [0.3, 0.4) is 0 Å². The highest BCUT2D eigenvalue weighted by Crippen LogP contribution is 2.21. The Kier molecular flexibility index (Phi) is 8.49. The number of nitrogens with zero attached hydrogens (tertiary/aromatic N) is 1. The van der Waals surface area contributed by atoms with Gasteiger partial charge in [0.1, 0.15) is 5.60 Å². The quantitative estimate of drug-likeness (QED) is 0.670. The van der Waals surface area contributed by atoms with Gasteiger partial charge >= 0.3 is 18.1 Å². The van der Waals surface area contributed by atoms with Crippen LogP contribution in [0.1, 0.15) is 72.6 Å². The van der Waals surface area contributed by atoms with Crippen molar-refractivity contribution in [2.45, 2.75) is 90.4 Å². The molecule has 2 aliphatic rings. The number of carbonyl (C=O) groups is 4. The number of likely N-dealkylation sites (tertiary alicyclic amines) is 1.